The highest BCUT2D eigenvalue weighted by molar-refractivity contribution is 9.10. The predicted octanol–water partition coefficient (Wildman–Crippen LogP) is 4.80. The number of halogens is 1. The van der Waals surface area contributed by atoms with Crippen LogP contribution in [0.15, 0.2) is 40.9 Å². The molecule has 2 atom stereocenters. The SMILES string of the molecule is COc1ccccc1C1CNCCN1CCCCC12CCCc3c(Br)ccc(c31)NC2=O. The summed E-state index contributed by atoms with van der Waals surface area (Å²) in [6, 6.07) is 12.8. The number of rotatable bonds is 7. The minimum Gasteiger partial charge on any atom is -0.496 e. The summed E-state index contributed by atoms with van der Waals surface area (Å²) in [7, 11) is 1.75. The number of unbranched alkanes of at least 4 members (excludes halogenated alkanes) is 1. The van der Waals surface area contributed by atoms with Crippen LogP contribution in [-0.2, 0) is 16.6 Å². The summed E-state index contributed by atoms with van der Waals surface area (Å²) in [4.78, 5) is 15.7. The molecular weight excluding hydrogens is 466 g/mol. The van der Waals surface area contributed by atoms with Gasteiger partial charge in [0.2, 0.25) is 5.91 Å². The lowest BCUT2D eigenvalue weighted by Crippen LogP contribution is -2.46. The molecule has 2 N–H and O–H groups in total. The summed E-state index contributed by atoms with van der Waals surface area (Å²) in [5, 5.41) is 6.73. The minimum atomic E-state index is -0.335. The van der Waals surface area contributed by atoms with Gasteiger partial charge in [0.1, 0.15) is 5.75 Å². The average Bonchev–Trinajstić information content (AvgIpc) is 3.12. The smallest absolute Gasteiger partial charge is 0.235 e. The van der Waals surface area contributed by atoms with Gasteiger partial charge in [-0.3, -0.25) is 9.69 Å². The van der Waals surface area contributed by atoms with Crippen molar-refractivity contribution in [1.82, 2.24) is 10.2 Å². The van der Waals surface area contributed by atoms with Crippen molar-refractivity contribution >= 4 is 27.5 Å². The quantitative estimate of drug-likeness (QED) is 0.539. The molecule has 1 saturated heterocycles. The lowest BCUT2D eigenvalue weighted by Gasteiger charge is -2.37. The molecule has 32 heavy (non-hydrogen) atoms. The first-order valence-electron chi connectivity index (χ1n) is 11.8. The molecule has 5 rings (SSSR count). The van der Waals surface area contributed by atoms with Gasteiger partial charge in [-0.25, -0.2) is 0 Å². The zero-order valence-electron chi connectivity index (χ0n) is 18.8. The first kappa shape index (κ1) is 21.9. The summed E-state index contributed by atoms with van der Waals surface area (Å²) in [5.41, 5.74) is 4.57. The molecular formula is C26H32BrN3O2. The molecule has 2 aromatic carbocycles. The fourth-order valence-corrected chi connectivity index (χ4v) is 6.57. The van der Waals surface area contributed by atoms with E-state index in [9.17, 15) is 4.79 Å². The van der Waals surface area contributed by atoms with Gasteiger partial charge in [-0.05, 0) is 68.0 Å². The Morgan fingerprint density at radius 1 is 1.22 bits per heavy atom. The normalized spacial score (nSPS) is 24.8. The van der Waals surface area contributed by atoms with Gasteiger partial charge >= 0.3 is 0 Å². The van der Waals surface area contributed by atoms with Crippen LogP contribution in [0.25, 0.3) is 0 Å². The summed E-state index contributed by atoms with van der Waals surface area (Å²) in [6.45, 7) is 4.04. The number of carbonyl (C=O) groups is 1. The van der Waals surface area contributed by atoms with Crippen LogP contribution in [0.1, 0.15) is 54.8 Å². The first-order valence-corrected chi connectivity index (χ1v) is 12.6. The second-order valence-electron chi connectivity index (χ2n) is 9.29. The number of carbonyl (C=O) groups excluding carboxylic acids is 1. The number of anilines is 1. The molecule has 0 saturated carbocycles. The van der Waals surface area contributed by atoms with Gasteiger partial charge in [-0.15, -0.1) is 0 Å². The molecule has 5 nitrogen and oxygen atoms in total. The molecule has 0 spiro atoms. The van der Waals surface area contributed by atoms with Crippen molar-refractivity contribution in [2.75, 3.05) is 38.6 Å². The Hall–Kier alpha value is -1.89. The number of methoxy groups -OCH3 is 1. The average molecular weight is 498 g/mol. The summed E-state index contributed by atoms with van der Waals surface area (Å²) < 4.78 is 6.79. The van der Waals surface area contributed by atoms with E-state index in [-0.39, 0.29) is 11.3 Å². The number of benzene rings is 2. The number of hydrogen-bond acceptors (Lipinski definition) is 4. The van der Waals surface area contributed by atoms with Crippen molar-refractivity contribution in [3.05, 3.63) is 57.6 Å². The summed E-state index contributed by atoms with van der Waals surface area (Å²) >= 11 is 3.73. The van der Waals surface area contributed by atoms with Gasteiger partial charge in [-0.1, -0.05) is 40.5 Å². The second kappa shape index (κ2) is 9.16. The van der Waals surface area contributed by atoms with E-state index in [2.05, 4.69) is 61.8 Å². The van der Waals surface area contributed by atoms with Crippen molar-refractivity contribution < 1.29 is 9.53 Å². The third-order valence-electron chi connectivity index (χ3n) is 7.60. The topological polar surface area (TPSA) is 53.6 Å². The Balaban J connectivity index is 1.27. The van der Waals surface area contributed by atoms with Gasteiger partial charge in [0.15, 0.2) is 0 Å². The molecule has 0 bridgehead atoms. The maximum atomic E-state index is 13.1. The minimum absolute atomic E-state index is 0.209. The van der Waals surface area contributed by atoms with Crippen LogP contribution in [0.5, 0.6) is 5.75 Å². The van der Waals surface area contributed by atoms with Crippen molar-refractivity contribution in [3.8, 4) is 5.75 Å². The maximum absolute atomic E-state index is 13.1. The Bertz CT molecular complexity index is 1010. The van der Waals surface area contributed by atoms with Gasteiger partial charge in [0.05, 0.1) is 18.6 Å². The number of piperazine rings is 1. The third-order valence-corrected chi connectivity index (χ3v) is 8.34. The van der Waals surface area contributed by atoms with Gasteiger partial charge < -0.3 is 15.4 Å². The molecule has 2 aromatic rings. The van der Waals surface area contributed by atoms with E-state index in [0.717, 1.165) is 80.6 Å². The molecule has 0 aromatic heterocycles. The Morgan fingerprint density at radius 3 is 2.97 bits per heavy atom. The zero-order chi connectivity index (χ0) is 22.1. The van der Waals surface area contributed by atoms with Crippen LogP contribution in [0.4, 0.5) is 5.69 Å². The van der Waals surface area contributed by atoms with Crippen molar-refractivity contribution in [1.29, 1.82) is 0 Å². The molecule has 2 aliphatic heterocycles. The number of nitrogens with one attached hydrogen (secondary N) is 2. The highest BCUT2D eigenvalue weighted by Crippen LogP contribution is 2.51. The molecule has 2 heterocycles. The lowest BCUT2D eigenvalue weighted by molar-refractivity contribution is -0.121. The highest BCUT2D eigenvalue weighted by atomic mass is 79.9. The summed E-state index contributed by atoms with van der Waals surface area (Å²) in [5.74, 6) is 1.17. The van der Waals surface area contributed by atoms with Crippen LogP contribution in [0, 0.1) is 0 Å². The third kappa shape index (κ3) is 3.76. The summed E-state index contributed by atoms with van der Waals surface area (Å²) in [6.07, 6.45) is 6.19. The van der Waals surface area contributed by atoms with Crippen LogP contribution >= 0.6 is 15.9 Å². The molecule has 2 unspecified atom stereocenters. The molecule has 1 fully saturated rings. The van der Waals surface area contributed by atoms with Crippen molar-refractivity contribution in [2.45, 2.75) is 50.0 Å². The standard InChI is InChI=1S/C26H32BrN3O2/c1-32-23-9-3-2-7-19(23)22-17-28-14-16-30(22)15-5-4-12-26-13-6-8-18-20(27)10-11-21(24(18)26)29-25(26)31/h2-3,7,9-11,22,28H,4-6,8,12-17H2,1H3,(H,29,31). The van der Waals surface area contributed by atoms with E-state index in [1.807, 2.05) is 6.07 Å². The first-order chi connectivity index (χ1) is 15.6. The molecule has 1 amide bonds. The van der Waals surface area contributed by atoms with E-state index in [1.54, 1.807) is 7.11 Å². The fraction of sp³-hybridized carbons (Fsp3) is 0.500. The van der Waals surface area contributed by atoms with Crippen molar-refractivity contribution in [3.63, 3.8) is 0 Å². The van der Waals surface area contributed by atoms with Crippen LogP contribution in [0.2, 0.25) is 0 Å². The van der Waals surface area contributed by atoms with Gasteiger partial charge in [0.25, 0.3) is 0 Å². The second-order valence-corrected chi connectivity index (χ2v) is 10.1. The number of ether oxygens (including phenoxy) is 1. The number of nitrogens with zero attached hydrogens (tertiary/aromatic N) is 1. The number of para-hydroxylation sites is 1. The van der Waals surface area contributed by atoms with E-state index in [1.165, 1.54) is 16.7 Å². The molecule has 1 aliphatic carbocycles. The Labute approximate surface area is 199 Å². The highest BCUT2D eigenvalue weighted by Gasteiger charge is 2.49. The monoisotopic (exact) mass is 497 g/mol. The Morgan fingerprint density at radius 2 is 2.09 bits per heavy atom. The predicted molar refractivity (Wildman–Crippen MR) is 131 cm³/mol. The molecule has 170 valence electrons. The van der Waals surface area contributed by atoms with Crippen LogP contribution in [-0.4, -0.2) is 44.1 Å². The number of hydrogen-bond donors (Lipinski definition) is 2. The molecule has 0 radical (unpaired) electrons. The molecule has 3 aliphatic rings. The fourth-order valence-electron chi connectivity index (χ4n) is 6.05. The number of amides is 1. The van der Waals surface area contributed by atoms with E-state index in [4.69, 9.17) is 4.74 Å². The zero-order valence-corrected chi connectivity index (χ0v) is 20.3. The van der Waals surface area contributed by atoms with Crippen LogP contribution < -0.4 is 15.4 Å². The Kier molecular flexibility index (Phi) is 6.28. The van der Waals surface area contributed by atoms with E-state index < -0.39 is 0 Å². The van der Waals surface area contributed by atoms with Crippen molar-refractivity contribution in [2.24, 2.45) is 0 Å². The lowest BCUT2D eigenvalue weighted by atomic mass is 9.68. The maximum Gasteiger partial charge on any atom is 0.235 e. The van der Waals surface area contributed by atoms with E-state index in [0.29, 0.717) is 6.04 Å². The van der Waals surface area contributed by atoms with E-state index >= 15 is 0 Å². The molecule has 6 heteroatoms. The largest absolute Gasteiger partial charge is 0.496 e. The van der Waals surface area contributed by atoms with Crippen LogP contribution in [0.3, 0.4) is 0 Å². The van der Waals surface area contributed by atoms with Gasteiger partial charge in [0, 0.05) is 35.4 Å². The van der Waals surface area contributed by atoms with Gasteiger partial charge in [-0.2, -0.15) is 0 Å².